The number of halogens is 1. The van der Waals surface area contributed by atoms with Gasteiger partial charge in [0.2, 0.25) is 5.91 Å². The highest BCUT2D eigenvalue weighted by molar-refractivity contribution is 6.32. The Morgan fingerprint density at radius 2 is 1.68 bits per heavy atom. The van der Waals surface area contributed by atoms with Gasteiger partial charge in [0.1, 0.15) is 49.2 Å². The number of hydrogen-bond acceptors (Lipinski definition) is 10. The Kier molecular flexibility index (Phi) is 12.8. The van der Waals surface area contributed by atoms with Crippen LogP contribution in [0.1, 0.15) is 46.2 Å². The molecule has 0 aliphatic carbocycles. The lowest BCUT2D eigenvalue weighted by molar-refractivity contribution is -0.140. The van der Waals surface area contributed by atoms with Crippen LogP contribution in [0.3, 0.4) is 0 Å². The topological polar surface area (TPSA) is 166 Å². The molecule has 2 fully saturated rings. The second-order valence-electron chi connectivity index (χ2n) is 15.1. The van der Waals surface area contributed by atoms with E-state index in [1.54, 1.807) is 24.4 Å². The molecule has 3 heterocycles. The van der Waals surface area contributed by atoms with E-state index in [1.807, 2.05) is 24.3 Å². The lowest BCUT2D eigenvalue weighted by atomic mass is 9.88. The van der Waals surface area contributed by atoms with Crippen LogP contribution in [0.15, 0.2) is 91.3 Å². The molecule has 1 amide bonds. The number of nitrogens with zero attached hydrogens (tertiary/aromatic N) is 3. The summed E-state index contributed by atoms with van der Waals surface area (Å²) in [6, 6.07) is 26.5. The van der Waals surface area contributed by atoms with Gasteiger partial charge in [-0.25, -0.2) is 0 Å². The number of nitrogens with one attached hydrogen (secondary N) is 2. The van der Waals surface area contributed by atoms with E-state index in [-0.39, 0.29) is 31.2 Å². The molecule has 1 aromatic heterocycles. The second-order valence-corrected chi connectivity index (χ2v) is 15.5. The normalized spacial score (nSPS) is 14.9. The third kappa shape index (κ3) is 9.67. The summed E-state index contributed by atoms with van der Waals surface area (Å²) in [4.78, 5) is 29.6. The van der Waals surface area contributed by atoms with E-state index < -0.39 is 18.6 Å². The monoisotopic (exact) mass is 815 g/mol. The van der Waals surface area contributed by atoms with Gasteiger partial charge in [-0.15, -0.1) is 0 Å². The highest BCUT2D eigenvalue weighted by atomic mass is 35.5. The molecule has 1 atom stereocenters. The summed E-state index contributed by atoms with van der Waals surface area (Å²) in [5.74, 6) is 0.543. The fourth-order valence-electron chi connectivity index (χ4n) is 7.74. The maximum Gasteiger partial charge on any atom is 0.323 e. The van der Waals surface area contributed by atoms with Crippen LogP contribution in [-0.2, 0) is 29.3 Å². The number of benzene rings is 4. The van der Waals surface area contributed by atoms with Gasteiger partial charge in [-0.3, -0.25) is 24.8 Å². The third-order valence-corrected chi connectivity index (χ3v) is 11.3. The lowest BCUT2D eigenvalue weighted by Crippen LogP contribution is -2.67. The molecule has 4 N–H and O–H groups in total. The van der Waals surface area contributed by atoms with Crippen molar-refractivity contribution in [2.45, 2.75) is 58.0 Å². The van der Waals surface area contributed by atoms with E-state index in [1.165, 1.54) is 6.20 Å². The molecule has 5 aromatic rings. The Bertz CT molecular complexity index is 2380. The van der Waals surface area contributed by atoms with Crippen molar-refractivity contribution >= 4 is 23.5 Å². The van der Waals surface area contributed by atoms with Crippen molar-refractivity contribution in [3.63, 3.8) is 0 Å². The van der Waals surface area contributed by atoms with E-state index in [4.69, 9.17) is 25.8 Å². The molecule has 304 valence electrons. The van der Waals surface area contributed by atoms with Crippen LogP contribution < -0.4 is 24.8 Å². The predicted molar refractivity (Wildman–Crippen MR) is 223 cm³/mol. The number of carbonyl (C=O) groups is 2. The van der Waals surface area contributed by atoms with E-state index in [2.05, 4.69) is 76.8 Å². The van der Waals surface area contributed by atoms with Crippen LogP contribution in [0.2, 0.25) is 5.02 Å². The summed E-state index contributed by atoms with van der Waals surface area (Å²) in [6.07, 6.45) is 4.61. The number of carboxylic acids is 1. The summed E-state index contributed by atoms with van der Waals surface area (Å²) < 4.78 is 18.6. The number of aliphatic carboxylic acids is 1. The van der Waals surface area contributed by atoms with Gasteiger partial charge < -0.3 is 29.7 Å². The van der Waals surface area contributed by atoms with Gasteiger partial charge >= 0.3 is 5.97 Å². The standard InChI is InChI=1S/C46H46ClN5O7/c1-29-34(26-59-43-19-42(58-25-32-17-31(20-48)21-49-22-32)35(18-40(43)47)23-50-41(24-53)45(55)56)5-3-7-38(29)39-8-4-6-37(30(39)2)33-9-11-36(12-10-33)57-16-15-52-27-46(28-52)14-13-44(54)51-46/h3-12,17-19,21-22,41,50,53H,13-16,23-28H2,1-2H3,(H,51,54)(H,55,56). The molecule has 12 nitrogen and oxygen atoms in total. The van der Waals surface area contributed by atoms with Crippen LogP contribution in [0.4, 0.5) is 0 Å². The average molecular weight is 816 g/mol. The molecule has 2 aliphatic heterocycles. The van der Waals surface area contributed by atoms with E-state index in [0.717, 1.165) is 70.7 Å². The Balaban J connectivity index is 1.03. The fourth-order valence-corrected chi connectivity index (χ4v) is 7.98. The van der Waals surface area contributed by atoms with Gasteiger partial charge in [0, 0.05) is 62.2 Å². The summed E-state index contributed by atoms with van der Waals surface area (Å²) in [6.45, 7) is 7.12. The number of aliphatic hydroxyl groups excluding tert-OH is 1. The summed E-state index contributed by atoms with van der Waals surface area (Å²) in [5, 5.41) is 34.5. The molecule has 0 saturated carbocycles. The van der Waals surface area contributed by atoms with Gasteiger partial charge in [0.05, 0.1) is 22.7 Å². The van der Waals surface area contributed by atoms with E-state index in [9.17, 15) is 25.1 Å². The zero-order valence-corrected chi connectivity index (χ0v) is 33.7. The number of rotatable bonds is 17. The first-order valence-corrected chi connectivity index (χ1v) is 19.9. The highest BCUT2D eigenvalue weighted by Crippen LogP contribution is 2.37. The summed E-state index contributed by atoms with van der Waals surface area (Å²) in [7, 11) is 0. The Hall–Kier alpha value is -5.97. The Labute approximate surface area is 348 Å². The molecular formula is C46H46ClN5O7. The molecule has 1 unspecified atom stereocenters. The Morgan fingerprint density at radius 1 is 0.949 bits per heavy atom. The van der Waals surface area contributed by atoms with Crippen molar-refractivity contribution in [3.05, 3.63) is 130 Å². The maximum atomic E-state index is 11.6. The number of carbonyl (C=O) groups excluding carboxylic acids is 1. The smallest absolute Gasteiger partial charge is 0.323 e. The van der Waals surface area contributed by atoms with Gasteiger partial charge in [-0.2, -0.15) is 5.26 Å². The molecule has 4 aromatic carbocycles. The molecule has 13 heteroatoms. The number of ether oxygens (including phenoxy) is 3. The Morgan fingerprint density at radius 3 is 2.39 bits per heavy atom. The minimum atomic E-state index is -1.19. The van der Waals surface area contributed by atoms with Crippen LogP contribution >= 0.6 is 11.6 Å². The molecule has 7 rings (SSSR count). The largest absolute Gasteiger partial charge is 0.492 e. The molecule has 2 saturated heterocycles. The van der Waals surface area contributed by atoms with Crippen LogP contribution in [0.5, 0.6) is 17.2 Å². The lowest BCUT2D eigenvalue weighted by Gasteiger charge is -2.47. The average Bonchev–Trinajstić information content (AvgIpc) is 3.62. The number of aliphatic hydroxyl groups is 1. The van der Waals surface area contributed by atoms with Crippen LogP contribution in [0, 0.1) is 25.2 Å². The highest BCUT2D eigenvalue weighted by Gasteiger charge is 2.47. The van der Waals surface area contributed by atoms with Crippen molar-refractivity contribution in [2.75, 3.05) is 32.8 Å². The number of carboxylic acid groups (broad SMARTS) is 1. The molecule has 59 heavy (non-hydrogen) atoms. The minimum absolute atomic E-state index is 0.0204. The van der Waals surface area contributed by atoms with Gasteiger partial charge in [0.25, 0.3) is 0 Å². The van der Waals surface area contributed by atoms with Crippen LogP contribution in [0.25, 0.3) is 22.3 Å². The number of pyridine rings is 1. The fraction of sp³-hybridized carbons (Fsp3) is 0.304. The first-order valence-electron chi connectivity index (χ1n) is 19.5. The van der Waals surface area contributed by atoms with Gasteiger partial charge in [-0.1, -0.05) is 60.1 Å². The summed E-state index contributed by atoms with van der Waals surface area (Å²) >= 11 is 6.74. The molecule has 0 bridgehead atoms. The van der Waals surface area contributed by atoms with Crippen molar-refractivity contribution < 1.29 is 34.0 Å². The van der Waals surface area contributed by atoms with Crippen molar-refractivity contribution in [1.82, 2.24) is 20.5 Å². The molecule has 0 radical (unpaired) electrons. The van der Waals surface area contributed by atoms with Crippen molar-refractivity contribution in [1.29, 1.82) is 5.26 Å². The molecule has 1 spiro atoms. The van der Waals surface area contributed by atoms with Gasteiger partial charge in [-0.05, 0) is 83.5 Å². The zero-order chi connectivity index (χ0) is 41.5. The van der Waals surface area contributed by atoms with E-state index >= 15 is 0 Å². The molecule has 2 aliphatic rings. The number of aromatic nitrogens is 1. The first-order chi connectivity index (χ1) is 28.5. The maximum absolute atomic E-state index is 11.6. The summed E-state index contributed by atoms with van der Waals surface area (Å²) in [5.41, 5.74) is 9.16. The second kappa shape index (κ2) is 18.3. The minimum Gasteiger partial charge on any atom is -0.492 e. The number of likely N-dealkylation sites (tertiary alicyclic amines) is 1. The third-order valence-electron chi connectivity index (χ3n) is 11.0. The molecular weight excluding hydrogens is 770 g/mol. The quantitative estimate of drug-likeness (QED) is 0.0800. The van der Waals surface area contributed by atoms with E-state index in [0.29, 0.717) is 46.2 Å². The predicted octanol–water partition coefficient (Wildman–Crippen LogP) is 6.59. The van der Waals surface area contributed by atoms with Crippen LogP contribution in [-0.4, -0.2) is 76.4 Å². The SMILES string of the molecule is Cc1c(COc2cc(OCc3cncc(C#N)c3)c(CNC(CO)C(=O)O)cc2Cl)cccc1-c1cccc(-c2ccc(OCCN3CC4(CCC(=O)N4)C3)cc2)c1C. The first kappa shape index (κ1) is 41.2. The number of hydrogen-bond donors (Lipinski definition) is 4. The number of nitriles is 1. The zero-order valence-electron chi connectivity index (χ0n) is 33.0. The van der Waals surface area contributed by atoms with Gasteiger partial charge in [0.15, 0.2) is 0 Å². The van der Waals surface area contributed by atoms with Crippen molar-refractivity contribution in [2.24, 2.45) is 0 Å². The number of amides is 1. The van der Waals surface area contributed by atoms with Crippen molar-refractivity contribution in [3.8, 4) is 45.6 Å².